The number of amides is 1. The summed E-state index contributed by atoms with van der Waals surface area (Å²) in [7, 11) is -2.08. The molecule has 0 unspecified atom stereocenters. The van der Waals surface area contributed by atoms with Crippen molar-refractivity contribution < 1.29 is 14.1 Å². The molecule has 0 aromatic heterocycles. The highest BCUT2D eigenvalue weighted by Gasteiger charge is 2.40. The molecule has 0 spiro atoms. The molecule has 6 heteroatoms. The lowest BCUT2D eigenvalue weighted by molar-refractivity contribution is 0.0703. The van der Waals surface area contributed by atoms with Crippen molar-refractivity contribution in [2.24, 2.45) is 0 Å². The summed E-state index contributed by atoms with van der Waals surface area (Å²) < 4.78 is 6.53. The Morgan fingerprint density at radius 1 is 1.04 bits per heavy atom. The van der Waals surface area contributed by atoms with Crippen molar-refractivity contribution in [3.63, 3.8) is 0 Å². The van der Waals surface area contributed by atoms with Gasteiger partial charge in [-0.15, -0.1) is 0 Å². The second kappa shape index (κ2) is 9.45. The number of thiocarbonyl (C=S) groups is 1. The van der Waals surface area contributed by atoms with Crippen molar-refractivity contribution in [2.45, 2.75) is 51.4 Å². The molecule has 0 saturated carbocycles. The monoisotopic (exact) mass is 415 g/mol. The molecule has 0 aliphatic rings. The third-order valence-electron chi connectivity index (χ3n) is 5.05. The van der Waals surface area contributed by atoms with Crippen LogP contribution in [0.3, 0.4) is 0 Å². The molecule has 0 aliphatic carbocycles. The molecule has 0 radical (unpaired) electrons. The molecule has 4 nitrogen and oxygen atoms in total. The normalized spacial score (nSPS) is 12.9. The molecule has 0 aliphatic heterocycles. The van der Waals surface area contributed by atoms with Crippen molar-refractivity contribution in [3.05, 3.63) is 71.8 Å². The van der Waals surface area contributed by atoms with Crippen LogP contribution in [0, 0.1) is 0 Å². The van der Waals surface area contributed by atoms with Crippen LogP contribution in [0.2, 0.25) is 18.1 Å². The van der Waals surface area contributed by atoms with Gasteiger partial charge in [0.05, 0.1) is 0 Å². The molecule has 1 atom stereocenters. The fraction of sp³-hybridized carbons (Fsp3) is 0.364. The maximum absolute atomic E-state index is 12.2. The van der Waals surface area contributed by atoms with Gasteiger partial charge in [0.1, 0.15) is 6.10 Å². The van der Waals surface area contributed by atoms with E-state index in [2.05, 4.69) is 39.3 Å². The van der Waals surface area contributed by atoms with E-state index in [0.29, 0.717) is 12.0 Å². The first-order chi connectivity index (χ1) is 13.1. The van der Waals surface area contributed by atoms with E-state index in [1.54, 1.807) is 24.3 Å². The zero-order chi connectivity index (χ0) is 20.8. The van der Waals surface area contributed by atoms with Crippen LogP contribution in [0.4, 0.5) is 0 Å². The molecular formula is C22H29NO3SSi. The van der Waals surface area contributed by atoms with Gasteiger partial charge in [-0.25, -0.2) is 0 Å². The van der Waals surface area contributed by atoms with E-state index in [-0.39, 0.29) is 16.0 Å². The zero-order valence-electron chi connectivity index (χ0n) is 17.2. The summed E-state index contributed by atoms with van der Waals surface area (Å²) in [6.45, 7) is 10.9. The fourth-order valence-electron chi connectivity index (χ4n) is 2.34. The summed E-state index contributed by atoms with van der Waals surface area (Å²) in [6.07, 6.45) is 0.169. The smallest absolute Gasteiger partial charge is 0.283 e. The Hall–Kier alpha value is -2.02. The minimum absolute atomic E-state index is 0.0326. The zero-order valence-corrected chi connectivity index (χ0v) is 19.0. The quantitative estimate of drug-likeness (QED) is 0.395. The Bertz CT molecular complexity index is 788. The van der Waals surface area contributed by atoms with Crippen molar-refractivity contribution in [1.29, 1.82) is 0 Å². The molecule has 2 aromatic rings. The van der Waals surface area contributed by atoms with Crippen LogP contribution < -0.4 is 5.48 Å². The average molecular weight is 416 g/mol. The maximum Gasteiger partial charge on any atom is 0.283 e. The van der Waals surface area contributed by atoms with Gasteiger partial charge in [-0.3, -0.25) is 4.79 Å². The number of hydroxylamine groups is 1. The van der Waals surface area contributed by atoms with Crippen LogP contribution >= 0.6 is 12.2 Å². The second-order valence-corrected chi connectivity index (χ2v) is 13.4. The highest BCUT2D eigenvalue weighted by atomic mass is 32.1. The van der Waals surface area contributed by atoms with Crippen LogP contribution in [-0.2, 0) is 15.7 Å². The minimum atomic E-state index is -2.08. The minimum Gasteiger partial charge on any atom is -0.405 e. The third kappa shape index (κ3) is 6.26. The Kier molecular flexibility index (Phi) is 7.52. The predicted molar refractivity (Wildman–Crippen MR) is 120 cm³/mol. The molecule has 2 aromatic carbocycles. The largest absolute Gasteiger partial charge is 0.405 e. The van der Waals surface area contributed by atoms with E-state index in [9.17, 15) is 4.79 Å². The fourth-order valence-corrected chi connectivity index (χ4v) is 3.86. The summed E-state index contributed by atoms with van der Waals surface area (Å²) in [6, 6.07) is 18.9. The van der Waals surface area contributed by atoms with Gasteiger partial charge >= 0.3 is 0 Å². The molecule has 0 fully saturated rings. The maximum atomic E-state index is 12.2. The first-order valence-corrected chi connectivity index (χ1v) is 12.7. The SMILES string of the molecule is CC(C)(C)[Si](C)(C)O[C@@H](Cc1ccccc1)C(=S)ONC(=O)c1ccccc1. The first-order valence-electron chi connectivity index (χ1n) is 9.38. The highest BCUT2D eigenvalue weighted by molar-refractivity contribution is 7.80. The number of hydrogen-bond donors (Lipinski definition) is 1. The highest BCUT2D eigenvalue weighted by Crippen LogP contribution is 2.37. The van der Waals surface area contributed by atoms with Crippen LogP contribution in [0.15, 0.2) is 60.7 Å². The topological polar surface area (TPSA) is 47.6 Å². The molecule has 28 heavy (non-hydrogen) atoms. The molecule has 0 bridgehead atoms. The van der Waals surface area contributed by atoms with Crippen LogP contribution in [0.25, 0.3) is 0 Å². The van der Waals surface area contributed by atoms with E-state index in [0.717, 1.165) is 5.56 Å². The Balaban J connectivity index is 2.11. The number of rotatable bonds is 6. The molecular weight excluding hydrogens is 386 g/mol. The van der Waals surface area contributed by atoms with Gasteiger partial charge in [-0.2, -0.15) is 5.48 Å². The lowest BCUT2D eigenvalue weighted by Gasteiger charge is -2.39. The summed E-state index contributed by atoms with van der Waals surface area (Å²) in [4.78, 5) is 17.7. The van der Waals surface area contributed by atoms with Gasteiger partial charge in [0, 0.05) is 12.0 Å². The molecule has 0 saturated heterocycles. The van der Waals surface area contributed by atoms with Gasteiger partial charge in [0.15, 0.2) is 8.32 Å². The number of carbonyl (C=O) groups is 1. The molecule has 1 amide bonds. The summed E-state index contributed by atoms with van der Waals surface area (Å²) in [5.41, 5.74) is 4.06. The standard InChI is InChI=1S/C22H29NO3SSi/c1-22(2,3)28(4,5)26-19(16-17-12-8-6-9-13-17)21(27)25-23-20(24)18-14-10-7-11-15-18/h6-15,19H,16H2,1-5H3,(H,23,24)/t19-/m0/s1. The lowest BCUT2D eigenvalue weighted by atomic mass is 10.1. The molecule has 150 valence electrons. The van der Waals surface area contributed by atoms with E-state index in [4.69, 9.17) is 21.5 Å². The number of hydrogen-bond acceptors (Lipinski definition) is 4. The summed E-state index contributed by atoms with van der Waals surface area (Å²) in [5, 5.41) is 0.267. The van der Waals surface area contributed by atoms with E-state index < -0.39 is 14.4 Å². The summed E-state index contributed by atoms with van der Waals surface area (Å²) in [5.74, 6) is -0.339. The Labute approximate surface area is 174 Å². The van der Waals surface area contributed by atoms with E-state index >= 15 is 0 Å². The molecule has 0 heterocycles. The Morgan fingerprint density at radius 3 is 2.11 bits per heavy atom. The summed E-state index contributed by atoms with van der Waals surface area (Å²) >= 11 is 5.49. The van der Waals surface area contributed by atoms with Gasteiger partial charge in [-0.05, 0) is 48.0 Å². The van der Waals surface area contributed by atoms with Crippen molar-refractivity contribution >= 4 is 31.5 Å². The Morgan fingerprint density at radius 2 is 1.57 bits per heavy atom. The van der Waals surface area contributed by atoms with Gasteiger partial charge in [0.25, 0.3) is 5.91 Å². The van der Waals surface area contributed by atoms with Gasteiger partial charge in [0.2, 0.25) is 5.05 Å². The average Bonchev–Trinajstić information content (AvgIpc) is 2.65. The molecule has 2 rings (SSSR count). The predicted octanol–water partition coefficient (Wildman–Crippen LogP) is 5.31. The van der Waals surface area contributed by atoms with E-state index in [1.165, 1.54) is 0 Å². The van der Waals surface area contributed by atoms with Crippen LogP contribution in [0.1, 0.15) is 36.7 Å². The number of carbonyl (C=O) groups excluding carboxylic acids is 1. The van der Waals surface area contributed by atoms with Crippen molar-refractivity contribution in [2.75, 3.05) is 0 Å². The first kappa shape index (κ1) is 22.3. The van der Waals surface area contributed by atoms with Gasteiger partial charge < -0.3 is 9.26 Å². The second-order valence-electron chi connectivity index (χ2n) is 8.27. The van der Waals surface area contributed by atoms with Crippen molar-refractivity contribution in [3.8, 4) is 0 Å². The van der Waals surface area contributed by atoms with Gasteiger partial charge in [-0.1, -0.05) is 69.3 Å². The lowest BCUT2D eigenvalue weighted by Crippen LogP contribution is -2.47. The van der Waals surface area contributed by atoms with Crippen LogP contribution in [0.5, 0.6) is 0 Å². The van der Waals surface area contributed by atoms with Crippen LogP contribution in [-0.4, -0.2) is 25.4 Å². The van der Waals surface area contributed by atoms with Crippen molar-refractivity contribution in [1.82, 2.24) is 5.48 Å². The number of nitrogens with one attached hydrogen (secondary N) is 1. The third-order valence-corrected chi connectivity index (χ3v) is 9.88. The van der Waals surface area contributed by atoms with E-state index in [1.807, 2.05) is 36.4 Å². The number of benzene rings is 2. The molecule has 1 N–H and O–H groups in total.